The third-order valence-electron chi connectivity index (χ3n) is 3.94. The van der Waals surface area contributed by atoms with E-state index >= 15 is 0 Å². The largest absolute Gasteiger partial charge is 0.481 e. The Morgan fingerprint density at radius 1 is 0.926 bits per heavy atom. The Bertz CT molecular complexity index is 852. The summed E-state index contributed by atoms with van der Waals surface area (Å²) in [4.78, 5) is 35.5. The van der Waals surface area contributed by atoms with Crippen molar-refractivity contribution in [3.63, 3.8) is 0 Å². The number of carbonyl (C=O) groups is 3. The fourth-order valence-electron chi connectivity index (χ4n) is 2.23. The number of rotatable bonds is 7. The highest BCUT2D eigenvalue weighted by Crippen LogP contribution is 2.15. The smallest absolute Gasteiger partial charge is 0.276 e. The van der Waals surface area contributed by atoms with Crippen molar-refractivity contribution in [1.29, 1.82) is 0 Å². The summed E-state index contributed by atoms with van der Waals surface area (Å²) >= 11 is 0. The quantitative estimate of drug-likeness (QED) is 0.578. The minimum Gasteiger partial charge on any atom is -0.481 e. The third kappa shape index (κ3) is 6.22. The van der Waals surface area contributed by atoms with Crippen molar-refractivity contribution in [2.75, 3.05) is 6.61 Å². The summed E-state index contributed by atoms with van der Waals surface area (Å²) in [5, 5.41) is 0. The molecule has 27 heavy (non-hydrogen) atoms. The average Bonchev–Trinajstić information content (AvgIpc) is 2.65. The highest BCUT2D eigenvalue weighted by atomic mass is 19.1. The number of Topliss-reactive ketones (excluding diaryl/α,β-unsaturated/α-hetero) is 1. The average molecular weight is 372 g/mol. The van der Waals surface area contributed by atoms with Crippen molar-refractivity contribution in [3.05, 3.63) is 65.0 Å². The number of hydrazine groups is 1. The van der Waals surface area contributed by atoms with E-state index in [4.69, 9.17) is 4.74 Å². The third-order valence-corrected chi connectivity index (χ3v) is 3.94. The number of hydrogen-bond donors (Lipinski definition) is 2. The Morgan fingerprint density at radius 2 is 1.63 bits per heavy atom. The summed E-state index contributed by atoms with van der Waals surface area (Å²) in [6.07, 6.45) is -0.0455. The van der Waals surface area contributed by atoms with E-state index in [0.717, 1.165) is 11.1 Å². The fourth-order valence-corrected chi connectivity index (χ4v) is 2.23. The number of benzene rings is 2. The lowest BCUT2D eigenvalue weighted by Crippen LogP contribution is -2.43. The first-order valence-corrected chi connectivity index (χ1v) is 8.42. The highest BCUT2D eigenvalue weighted by molar-refractivity contribution is 5.98. The lowest BCUT2D eigenvalue weighted by atomic mass is 10.0. The Labute approximate surface area is 156 Å². The van der Waals surface area contributed by atoms with Crippen LogP contribution in [-0.2, 0) is 9.59 Å². The maximum absolute atomic E-state index is 13.4. The van der Waals surface area contributed by atoms with Gasteiger partial charge in [0.2, 0.25) is 5.91 Å². The molecule has 0 fully saturated rings. The number of para-hydroxylation sites is 1. The molecular formula is C20H21FN2O4. The summed E-state index contributed by atoms with van der Waals surface area (Å²) in [7, 11) is 0. The van der Waals surface area contributed by atoms with E-state index in [-0.39, 0.29) is 24.4 Å². The Balaban J connectivity index is 1.71. The number of hydrogen-bond acceptors (Lipinski definition) is 4. The predicted molar refractivity (Wildman–Crippen MR) is 97.7 cm³/mol. The van der Waals surface area contributed by atoms with E-state index in [9.17, 15) is 18.8 Å². The van der Waals surface area contributed by atoms with Crippen LogP contribution < -0.4 is 15.6 Å². The molecule has 142 valence electrons. The van der Waals surface area contributed by atoms with Crippen molar-refractivity contribution in [3.8, 4) is 5.75 Å². The van der Waals surface area contributed by atoms with E-state index in [0.29, 0.717) is 5.56 Å². The maximum Gasteiger partial charge on any atom is 0.276 e. The number of carbonyl (C=O) groups excluding carboxylic acids is 3. The van der Waals surface area contributed by atoms with Crippen LogP contribution in [0, 0.1) is 19.7 Å². The van der Waals surface area contributed by atoms with Crippen molar-refractivity contribution in [2.24, 2.45) is 0 Å². The summed E-state index contributed by atoms with van der Waals surface area (Å²) in [6, 6.07) is 11.0. The van der Waals surface area contributed by atoms with Crippen LogP contribution in [0.3, 0.4) is 0 Å². The Kier molecular flexibility index (Phi) is 7.05. The SMILES string of the molecule is Cc1ccc(C(=O)CCC(=O)NNC(=O)COc2ccccc2F)cc1C. The number of amides is 2. The number of ketones is 1. The molecule has 0 saturated heterocycles. The molecule has 7 heteroatoms. The zero-order valence-corrected chi connectivity index (χ0v) is 15.2. The van der Waals surface area contributed by atoms with E-state index < -0.39 is 24.2 Å². The van der Waals surface area contributed by atoms with E-state index in [1.165, 1.54) is 18.2 Å². The minimum absolute atomic E-state index is 0.0237. The van der Waals surface area contributed by atoms with Gasteiger partial charge in [0, 0.05) is 18.4 Å². The van der Waals surface area contributed by atoms with Gasteiger partial charge in [0.1, 0.15) is 0 Å². The molecule has 0 aliphatic heterocycles. The molecule has 2 N–H and O–H groups in total. The second-order valence-electron chi connectivity index (χ2n) is 6.04. The summed E-state index contributed by atoms with van der Waals surface area (Å²) in [5.74, 6) is -1.95. The molecular weight excluding hydrogens is 351 g/mol. The van der Waals surface area contributed by atoms with Gasteiger partial charge in [0.25, 0.3) is 5.91 Å². The van der Waals surface area contributed by atoms with Gasteiger partial charge < -0.3 is 4.74 Å². The van der Waals surface area contributed by atoms with E-state index in [2.05, 4.69) is 10.9 Å². The first kappa shape index (κ1) is 20.1. The van der Waals surface area contributed by atoms with Gasteiger partial charge in [-0.3, -0.25) is 25.2 Å². The first-order valence-electron chi connectivity index (χ1n) is 8.42. The molecule has 0 bridgehead atoms. The summed E-state index contributed by atoms with van der Waals surface area (Å²) in [5.41, 5.74) is 6.99. The van der Waals surface area contributed by atoms with Crippen LogP contribution in [0.1, 0.15) is 34.3 Å². The lowest BCUT2D eigenvalue weighted by Gasteiger charge is -2.09. The second kappa shape index (κ2) is 9.47. The number of ether oxygens (including phenoxy) is 1. The molecule has 0 saturated carbocycles. The van der Waals surface area contributed by atoms with E-state index in [1.54, 1.807) is 18.2 Å². The molecule has 2 rings (SSSR count). The molecule has 2 aromatic rings. The number of halogens is 1. The van der Waals surface area contributed by atoms with Crippen LogP contribution in [-0.4, -0.2) is 24.2 Å². The molecule has 0 heterocycles. The van der Waals surface area contributed by atoms with Gasteiger partial charge in [0.15, 0.2) is 24.0 Å². The van der Waals surface area contributed by atoms with Crippen LogP contribution in [0.25, 0.3) is 0 Å². The summed E-state index contributed by atoms with van der Waals surface area (Å²) < 4.78 is 18.4. The zero-order valence-electron chi connectivity index (χ0n) is 15.2. The molecule has 2 amide bonds. The van der Waals surface area contributed by atoms with Crippen LogP contribution >= 0.6 is 0 Å². The topological polar surface area (TPSA) is 84.5 Å². The minimum atomic E-state index is -0.646. The molecule has 0 aliphatic carbocycles. The molecule has 2 aromatic carbocycles. The van der Waals surface area contributed by atoms with Crippen LogP contribution in [0.2, 0.25) is 0 Å². The van der Waals surface area contributed by atoms with Crippen molar-refractivity contribution >= 4 is 17.6 Å². The van der Waals surface area contributed by atoms with Gasteiger partial charge in [-0.15, -0.1) is 0 Å². The normalized spacial score (nSPS) is 10.2. The molecule has 0 aromatic heterocycles. The van der Waals surface area contributed by atoms with Crippen molar-refractivity contribution in [2.45, 2.75) is 26.7 Å². The molecule has 0 atom stereocenters. The van der Waals surface area contributed by atoms with Gasteiger partial charge in [-0.1, -0.05) is 24.3 Å². The van der Waals surface area contributed by atoms with Crippen LogP contribution in [0.5, 0.6) is 5.75 Å². The molecule has 0 radical (unpaired) electrons. The van der Waals surface area contributed by atoms with Gasteiger partial charge in [-0.05, 0) is 43.2 Å². The maximum atomic E-state index is 13.4. The fraction of sp³-hybridized carbons (Fsp3) is 0.250. The standard InChI is InChI=1S/C20H21FN2O4/c1-13-7-8-15(11-14(13)2)17(24)9-10-19(25)22-23-20(26)12-27-18-6-4-3-5-16(18)21/h3-8,11H,9-10,12H2,1-2H3,(H,22,25)(H,23,26). The van der Waals surface area contributed by atoms with Gasteiger partial charge in [-0.2, -0.15) is 0 Å². The second-order valence-corrected chi connectivity index (χ2v) is 6.04. The van der Waals surface area contributed by atoms with Crippen LogP contribution in [0.15, 0.2) is 42.5 Å². The number of nitrogens with one attached hydrogen (secondary N) is 2. The molecule has 6 nitrogen and oxygen atoms in total. The number of aryl methyl sites for hydroxylation is 2. The molecule has 0 unspecified atom stereocenters. The van der Waals surface area contributed by atoms with Gasteiger partial charge in [0.05, 0.1) is 0 Å². The monoisotopic (exact) mass is 372 g/mol. The van der Waals surface area contributed by atoms with Gasteiger partial charge >= 0.3 is 0 Å². The Hall–Kier alpha value is -3.22. The van der Waals surface area contributed by atoms with Crippen molar-refractivity contribution < 1.29 is 23.5 Å². The zero-order chi connectivity index (χ0) is 19.8. The lowest BCUT2D eigenvalue weighted by molar-refractivity contribution is -0.130. The van der Waals surface area contributed by atoms with Gasteiger partial charge in [-0.25, -0.2) is 4.39 Å². The van der Waals surface area contributed by atoms with E-state index in [1.807, 2.05) is 19.9 Å². The van der Waals surface area contributed by atoms with Crippen LogP contribution in [0.4, 0.5) is 4.39 Å². The highest BCUT2D eigenvalue weighted by Gasteiger charge is 2.11. The first-order chi connectivity index (χ1) is 12.9. The molecule has 0 aliphatic rings. The summed E-state index contributed by atoms with van der Waals surface area (Å²) in [6.45, 7) is 3.41. The van der Waals surface area contributed by atoms with Crippen molar-refractivity contribution in [1.82, 2.24) is 10.9 Å². The Morgan fingerprint density at radius 3 is 2.33 bits per heavy atom. The molecule has 0 spiro atoms. The predicted octanol–water partition coefficient (Wildman–Crippen LogP) is 2.63.